The predicted octanol–water partition coefficient (Wildman–Crippen LogP) is 2.98. The smallest absolute Gasteiger partial charge is 0.343 e. The molecule has 0 radical (unpaired) electrons. The SMILES string of the molecule is COc1ccc(C(=O)Oc2ccc(CC#N)cc2)cc1. The van der Waals surface area contributed by atoms with E-state index >= 15 is 0 Å². The Labute approximate surface area is 117 Å². The molecule has 4 heteroatoms. The van der Waals surface area contributed by atoms with Crippen LogP contribution < -0.4 is 9.47 Å². The summed E-state index contributed by atoms with van der Waals surface area (Å²) in [6, 6.07) is 15.6. The van der Waals surface area contributed by atoms with Gasteiger partial charge in [-0.1, -0.05) is 12.1 Å². The van der Waals surface area contributed by atoms with Crippen molar-refractivity contribution >= 4 is 5.97 Å². The van der Waals surface area contributed by atoms with E-state index in [4.69, 9.17) is 14.7 Å². The average molecular weight is 267 g/mol. The topological polar surface area (TPSA) is 59.3 Å². The maximum atomic E-state index is 11.9. The molecule has 0 aliphatic rings. The number of rotatable bonds is 4. The second-order valence-corrected chi connectivity index (χ2v) is 4.10. The van der Waals surface area contributed by atoms with Crippen molar-refractivity contribution in [3.8, 4) is 17.6 Å². The van der Waals surface area contributed by atoms with Crippen LogP contribution in [0.1, 0.15) is 15.9 Å². The number of nitriles is 1. The molecular formula is C16H13NO3. The van der Waals surface area contributed by atoms with E-state index in [1.165, 1.54) is 0 Å². The standard InChI is InChI=1S/C16H13NO3/c1-19-14-8-4-13(5-9-14)16(18)20-15-6-2-12(3-7-15)10-11-17/h2-9H,10H2,1H3. The highest BCUT2D eigenvalue weighted by Crippen LogP contribution is 2.16. The number of methoxy groups -OCH3 is 1. The van der Waals surface area contributed by atoms with E-state index in [2.05, 4.69) is 6.07 Å². The molecular weight excluding hydrogens is 254 g/mol. The molecule has 0 amide bonds. The Hall–Kier alpha value is -2.80. The molecule has 100 valence electrons. The second kappa shape index (κ2) is 6.39. The lowest BCUT2D eigenvalue weighted by Gasteiger charge is -2.05. The minimum Gasteiger partial charge on any atom is -0.497 e. The van der Waals surface area contributed by atoms with Gasteiger partial charge in [-0.25, -0.2) is 4.79 Å². The summed E-state index contributed by atoms with van der Waals surface area (Å²) in [5, 5.41) is 8.58. The quantitative estimate of drug-likeness (QED) is 0.631. The third-order valence-electron chi connectivity index (χ3n) is 2.74. The van der Waals surface area contributed by atoms with Crippen LogP contribution in [0.2, 0.25) is 0 Å². The van der Waals surface area contributed by atoms with Crippen molar-refractivity contribution in [1.82, 2.24) is 0 Å². The number of hydrogen-bond acceptors (Lipinski definition) is 4. The van der Waals surface area contributed by atoms with Crippen LogP contribution in [-0.4, -0.2) is 13.1 Å². The van der Waals surface area contributed by atoms with E-state index in [0.717, 1.165) is 5.56 Å². The fourth-order valence-electron chi connectivity index (χ4n) is 1.66. The summed E-state index contributed by atoms with van der Waals surface area (Å²) in [6.07, 6.45) is 0.340. The van der Waals surface area contributed by atoms with Crippen LogP contribution in [0.5, 0.6) is 11.5 Å². The Morgan fingerprint density at radius 2 is 1.65 bits per heavy atom. The van der Waals surface area contributed by atoms with Gasteiger partial charge in [0, 0.05) is 0 Å². The summed E-state index contributed by atoms with van der Waals surface area (Å²) in [6.45, 7) is 0. The molecule has 0 aliphatic carbocycles. The summed E-state index contributed by atoms with van der Waals surface area (Å²) in [4.78, 5) is 11.9. The molecule has 0 N–H and O–H groups in total. The van der Waals surface area contributed by atoms with Crippen LogP contribution in [0.25, 0.3) is 0 Å². The zero-order valence-corrected chi connectivity index (χ0v) is 11.0. The van der Waals surface area contributed by atoms with E-state index in [1.807, 2.05) is 0 Å². The molecule has 4 nitrogen and oxygen atoms in total. The van der Waals surface area contributed by atoms with Gasteiger partial charge in [0.05, 0.1) is 25.2 Å². The number of ether oxygens (including phenoxy) is 2. The molecule has 0 fully saturated rings. The van der Waals surface area contributed by atoms with Crippen LogP contribution in [0.3, 0.4) is 0 Å². The first kappa shape index (κ1) is 13.6. The molecule has 2 aromatic rings. The first-order valence-corrected chi connectivity index (χ1v) is 6.05. The zero-order chi connectivity index (χ0) is 14.4. The summed E-state index contributed by atoms with van der Waals surface area (Å²) < 4.78 is 10.3. The van der Waals surface area contributed by atoms with Crippen LogP contribution in [0, 0.1) is 11.3 Å². The number of esters is 1. The molecule has 0 bridgehead atoms. The molecule has 2 aromatic carbocycles. The third-order valence-corrected chi connectivity index (χ3v) is 2.74. The van der Waals surface area contributed by atoms with Crippen molar-refractivity contribution in [3.63, 3.8) is 0 Å². The second-order valence-electron chi connectivity index (χ2n) is 4.10. The van der Waals surface area contributed by atoms with Crippen LogP contribution in [0.15, 0.2) is 48.5 Å². The van der Waals surface area contributed by atoms with Crippen molar-refractivity contribution in [3.05, 3.63) is 59.7 Å². The van der Waals surface area contributed by atoms with Crippen LogP contribution in [0.4, 0.5) is 0 Å². The van der Waals surface area contributed by atoms with E-state index < -0.39 is 5.97 Å². The lowest BCUT2D eigenvalue weighted by atomic mass is 10.1. The van der Waals surface area contributed by atoms with E-state index in [0.29, 0.717) is 23.5 Å². The van der Waals surface area contributed by atoms with Crippen molar-refractivity contribution in [2.24, 2.45) is 0 Å². The highest BCUT2D eigenvalue weighted by molar-refractivity contribution is 5.91. The van der Waals surface area contributed by atoms with Gasteiger partial charge in [-0.3, -0.25) is 0 Å². The van der Waals surface area contributed by atoms with Gasteiger partial charge in [-0.15, -0.1) is 0 Å². The van der Waals surface area contributed by atoms with Crippen molar-refractivity contribution < 1.29 is 14.3 Å². The first-order valence-electron chi connectivity index (χ1n) is 6.05. The van der Waals surface area contributed by atoms with E-state index in [-0.39, 0.29) is 0 Å². The first-order chi connectivity index (χ1) is 9.72. The summed E-state index contributed by atoms with van der Waals surface area (Å²) in [7, 11) is 1.57. The van der Waals surface area contributed by atoms with Crippen LogP contribution >= 0.6 is 0 Å². The Morgan fingerprint density at radius 1 is 1.05 bits per heavy atom. The summed E-state index contributed by atoms with van der Waals surface area (Å²) >= 11 is 0. The maximum absolute atomic E-state index is 11.9. The molecule has 0 saturated carbocycles. The van der Waals surface area contributed by atoms with Crippen molar-refractivity contribution in [2.75, 3.05) is 7.11 Å². The molecule has 0 heterocycles. The minimum atomic E-state index is -0.430. The molecule has 0 unspecified atom stereocenters. The molecule has 0 aromatic heterocycles. The lowest BCUT2D eigenvalue weighted by molar-refractivity contribution is 0.0734. The summed E-state index contributed by atoms with van der Waals surface area (Å²) in [5.74, 6) is 0.704. The van der Waals surface area contributed by atoms with Gasteiger partial charge in [-0.2, -0.15) is 5.26 Å². The van der Waals surface area contributed by atoms with Gasteiger partial charge in [0.1, 0.15) is 11.5 Å². The predicted molar refractivity (Wildman–Crippen MR) is 73.7 cm³/mol. The fourth-order valence-corrected chi connectivity index (χ4v) is 1.66. The minimum absolute atomic E-state index is 0.340. The van der Waals surface area contributed by atoms with Gasteiger partial charge in [0.15, 0.2) is 0 Å². The van der Waals surface area contributed by atoms with Crippen molar-refractivity contribution in [2.45, 2.75) is 6.42 Å². The van der Waals surface area contributed by atoms with Gasteiger partial charge in [-0.05, 0) is 42.0 Å². The Morgan fingerprint density at radius 3 is 2.20 bits per heavy atom. The normalized spacial score (nSPS) is 9.60. The molecule has 0 spiro atoms. The Balaban J connectivity index is 2.05. The highest BCUT2D eigenvalue weighted by atomic mass is 16.5. The van der Waals surface area contributed by atoms with Crippen LogP contribution in [-0.2, 0) is 6.42 Å². The number of carbonyl (C=O) groups is 1. The third kappa shape index (κ3) is 3.36. The molecule has 0 aliphatic heterocycles. The number of benzene rings is 2. The number of carbonyl (C=O) groups excluding carboxylic acids is 1. The zero-order valence-electron chi connectivity index (χ0n) is 11.0. The van der Waals surface area contributed by atoms with Gasteiger partial charge in [0.25, 0.3) is 0 Å². The number of hydrogen-bond donors (Lipinski definition) is 0. The monoisotopic (exact) mass is 267 g/mol. The lowest BCUT2D eigenvalue weighted by Crippen LogP contribution is -2.08. The van der Waals surface area contributed by atoms with E-state index in [1.54, 1.807) is 55.6 Å². The average Bonchev–Trinajstić information content (AvgIpc) is 2.49. The van der Waals surface area contributed by atoms with Crippen molar-refractivity contribution in [1.29, 1.82) is 5.26 Å². The maximum Gasteiger partial charge on any atom is 0.343 e. The van der Waals surface area contributed by atoms with Gasteiger partial charge < -0.3 is 9.47 Å². The highest BCUT2D eigenvalue weighted by Gasteiger charge is 2.08. The molecule has 2 rings (SSSR count). The molecule has 20 heavy (non-hydrogen) atoms. The number of nitrogens with zero attached hydrogens (tertiary/aromatic N) is 1. The fraction of sp³-hybridized carbons (Fsp3) is 0.125. The van der Waals surface area contributed by atoms with E-state index in [9.17, 15) is 4.79 Å². The van der Waals surface area contributed by atoms with Gasteiger partial charge in [0.2, 0.25) is 0 Å². The Kier molecular flexibility index (Phi) is 4.35. The molecule has 0 atom stereocenters. The summed E-state index contributed by atoms with van der Waals surface area (Å²) in [5.41, 5.74) is 1.34. The molecule has 0 saturated heterocycles. The largest absolute Gasteiger partial charge is 0.497 e. The van der Waals surface area contributed by atoms with Gasteiger partial charge >= 0.3 is 5.97 Å². The Bertz CT molecular complexity index is 624.